The third kappa shape index (κ3) is 4.10. The number of urea groups is 1. The predicted molar refractivity (Wildman–Crippen MR) is 88.4 cm³/mol. The lowest BCUT2D eigenvalue weighted by Gasteiger charge is -2.25. The first-order valence-corrected chi connectivity index (χ1v) is 8.07. The molecule has 1 saturated carbocycles. The van der Waals surface area contributed by atoms with E-state index in [2.05, 4.69) is 9.98 Å². The van der Waals surface area contributed by atoms with Crippen LogP contribution in [0.25, 0.3) is 0 Å². The molecular weight excluding hydrogens is 260 g/mol. The summed E-state index contributed by atoms with van der Waals surface area (Å²) in [4.78, 5) is 20.0. The molecule has 2 amide bonds. The molecule has 0 saturated heterocycles. The summed E-state index contributed by atoms with van der Waals surface area (Å²) in [6.45, 7) is 4.00. The molecule has 0 bridgehead atoms. The topological polar surface area (TPSA) is 41.8 Å². The number of benzene rings is 1. The molecule has 1 heterocycles. The van der Waals surface area contributed by atoms with Crippen LogP contribution >= 0.6 is 0 Å². The van der Waals surface area contributed by atoms with Gasteiger partial charge >= 0.3 is 6.03 Å². The molecule has 0 radical (unpaired) electrons. The van der Waals surface area contributed by atoms with Crippen molar-refractivity contribution >= 4 is 17.5 Å². The summed E-state index contributed by atoms with van der Waals surface area (Å²) in [6, 6.07) is 9.63. The van der Waals surface area contributed by atoms with Crippen LogP contribution in [0.1, 0.15) is 57.9 Å². The number of carbonyl (C=O) groups is 1. The van der Waals surface area contributed by atoms with E-state index in [-0.39, 0.29) is 6.03 Å². The number of carbonyl (C=O) groups excluding carboxylic acids is 1. The molecule has 0 atom stereocenters. The molecule has 0 unspecified atom stereocenters. The lowest BCUT2D eigenvalue weighted by Crippen LogP contribution is -2.25. The summed E-state index contributed by atoms with van der Waals surface area (Å²) in [5.41, 5.74) is 2.97. The Hall–Kier alpha value is -1.77. The fourth-order valence-electron chi connectivity index (χ4n) is 2.98. The van der Waals surface area contributed by atoms with Gasteiger partial charge in [-0.05, 0) is 24.3 Å². The van der Waals surface area contributed by atoms with Gasteiger partial charge in [-0.2, -0.15) is 4.99 Å². The van der Waals surface area contributed by atoms with Gasteiger partial charge in [0.05, 0.1) is 5.71 Å². The van der Waals surface area contributed by atoms with Crippen LogP contribution in [0.4, 0.5) is 4.79 Å². The van der Waals surface area contributed by atoms with Crippen LogP contribution in [0.3, 0.4) is 0 Å². The van der Waals surface area contributed by atoms with Gasteiger partial charge in [-0.3, -0.25) is 0 Å². The third-order valence-electron chi connectivity index (χ3n) is 4.00. The highest BCUT2D eigenvalue weighted by Gasteiger charge is 2.24. The maximum atomic E-state index is 11.7. The van der Waals surface area contributed by atoms with Crippen LogP contribution in [-0.2, 0) is 0 Å². The van der Waals surface area contributed by atoms with Crippen molar-refractivity contribution in [1.29, 1.82) is 0 Å². The first-order chi connectivity index (χ1) is 10.3. The molecule has 0 N–H and O–H groups in total. The van der Waals surface area contributed by atoms with Crippen LogP contribution < -0.4 is 0 Å². The zero-order chi connectivity index (χ0) is 15.1. The van der Waals surface area contributed by atoms with E-state index in [4.69, 9.17) is 0 Å². The van der Waals surface area contributed by atoms with Gasteiger partial charge in [-0.15, -0.1) is 0 Å². The molecule has 1 aromatic carbocycles. The van der Waals surface area contributed by atoms with E-state index in [0.29, 0.717) is 5.92 Å². The van der Waals surface area contributed by atoms with Gasteiger partial charge in [0.2, 0.25) is 0 Å². The van der Waals surface area contributed by atoms with Crippen molar-refractivity contribution in [3.63, 3.8) is 0 Å². The second-order valence-corrected chi connectivity index (χ2v) is 5.32. The van der Waals surface area contributed by atoms with Gasteiger partial charge in [0.25, 0.3) is 0 Å². The second kappa shape index (κ2) is 7.87. The van der Waals surface area contributed by atoms with Crippen molar-refractivity contribution in [2.75, 3.05) is 0 Å². The number of nitrogens with zero attached hydrogens (tertiary/aromatic N) is 2. The monoisotopic (exact) mass is 284 g/mol. The highest BCUT2D eigenvalue weighted by molar-refractivity contribution is 6.20. The van der Waals surface area contributed by atoms with Crippen LogP contribution in [0.2, 0.25) is 0 Å². The summed E-state index contributed by atoms with van der Waals surface area (Å²) in [7, 11) is 0. The number of amides is 2. The standard InChI is InChI=1S/C16H18N2O.C2H6/c19-16-17-14(12-7-3-1-4-8-12)11-15(18-16)13-9-5-2-6-10-13;1-2/h1,3-4,7-8,13H,2,5-6,9-11H2;1-2H3. The lowest BCUT2D eigenvalue weighted by molar-refractivity contribution is 0.256. The Balaban J connectivity index is 0.000000774. The predicted octanol–water partition coefficient (Wildman–Crippen LogP) is 5.05. The summed E-state index contributed by atoms with van der Waals surface area (Å²) in [6.07, 6.45) is 6.92. The van der Waals surface area contributed by atoms with E-state index >= 15 is 0 Å². The van der Waals surface area contributed by atoms with Crippen LogP contribution in [-0.4, -0.2) is 17.5 Å². The minimum Gasteiger partial charge on any atom is -0.244 e. The number of aliphatic imine (C=N–C) groups is 2. The maximum absolute atomic E-state index is 11.7. The fraction of sp³-hybridized carbons (Fsp3) is 0.500. The van der Waals surface area contributed by atoms with Crippen molar-refractivity contribution in [3.05, 3.63) is 35.9 Å². The highest BCUT2D eigenvalue weighted by atomic mass is 16.2. The van der Waals surface area contributed by atoms with Gasteiger partial charge in [0, 0.05) is 12.1 Å². The molecule has 112 valence electrons. The van der Waals surface area contributed by atoms with E-state index in [1.165, 1.54) is 32.1 Å². The molecule has 21 heavy (non-hydrogen) atoms. The Kier molecular flexibility index (Phi) is 5.85. The molecular formula is C18H24N2O. The maximum Gasteiger partial charge on any atom is 0.367 e. The minimum absolute atomic E-state index is 0.328. The number of hydrogen-bond acceptors (Lipinski definition) is 1. The van der Waals surface area contributed by atoms with Crippen molar-refractivity contribution in [1.82, 2.24) is 0 Å². The highest BCUT2D eigenvalue weighted by Crippen LogP contribution is 2.28. The molecule has 1 fully saturated rings. The van der Waals surface area contributed by atoms with Crippen LogP contribution in [0.15, 0.2) is 40.3 Å². The third-order valence-corrected chi connectivity index (χ3v) is 4.00. The molecule has 3 nitrogen and oxygen atoms in total. The zero-order valence-corrected chi connectivity index (χ0v) is 13.0. The first kappa shape index (κ1) is 15.6. The average Bonchev–Trinajstić information content (AvgIpc) is 2.58. The average molecular weight is 284 g/mol. The van der Waals surface area contributed by atoms with Crippen LogP contribution in [0, 0.1) is 5.92 Å². The van der Waals surface area contributed by atoms with Crippen molar-refractivity contribution < 1.29 is 4.79 Å². The SMILES string of the molecule is CC.O=C1N=C(c2ccccc2)CC(C2CCCCC2)=N1. The lowest BCUT2D eigenvalue weighted by atomic mass is 9.83. The molecule has 1 aliphatic heterocycles. The Morgan fingerprint density at radius 2 is 1.62 bits per heavy atom. The minimum atomic E-state index is -0.328. The van der Waals surface area contributed by atoms with Crippen LogP contribution in [0.5, 0.6) is 0 Å². The van der Waals surface area contributed by atoms with E-state index in [9.17, 15) is 4.79 Å². The Bertz CT molecular complexity index is 525. The van der Waals surface area contributed by atoms with Gasteiger partial charge in [0.1, 0.15) is 0 Å². The van der Waals surface area contributed by atoms with E-state index in [1.807, 2.05) is 44.2 Å². The Labute approximate surface area is 127 Å². The largest absolute Gasteiger partial charge is 0.367 e. The van der Waals surface area contributed by atoms with Gasteiger partial charge < -0.3 is 0 Å². The molecule has 1 aromatic rings. The van der Waals surface area contributed by atoms with Gasteiger partial charge in [-0.25, -0.2) is 9.79 Å². The summed E-state index contributed by atoms with van der Waals surface area (Å²) < 4.78 is 0. The van der Waals surface area contributed by atoms with E-state index in [1.54, 1.807) is 0 Å². The summed E-state index contributed by atoms with van der Waals surface area (Å²) >= 11 is 0. The summed E-state index contributed by atoms with van der Waals surface area (Å²) in [5, 5.41) is 0. The van der Waals surface area contributed by atoms with Crippen molar-refractivity contribution in [2.24, 2.45) is 15.9 Å². The fourth-order valence-corrected chi connectivity index (χ4v) is 2.98. The van der Waals surface area contributed by atoms with E-state index < -0.39 is 0 Å². The van der Waals surface area contributed by atoms with Gasteiger partial charge in [-0.1, -0.05) is 63.4 Å². The number of rotatable bonds is 2. The Morgan fingerprint density at radius 3 is 2.29 bits per heavy atom. The zero-order valence-electron chi connectivity index (χ0n) is 13.0. The van der Waals surface area contributed by atoms with Crippen molar-refractivity contribution in [2.45, 2.75) is 52.4 Å². The summed E-state index contributed by atoms with van der Waals surface area (Å²) in [5.74, 6) is 0.493. The second-order valence-electron chi connectivity index (χ2n) is 5.32. The van der Waals surface area contributed by atoms with Gasteiger partial charge in [0.15, 0.2) is 0 Å². The number of hydrogen-bond donors (Lipinski definition) is 0. The molecule has 1 aliphatic carbocycles. The molecule has 3 heteroatoms. The smallest absolute Gasteiger partial charge is 0.244 e. The van der Waals surface area contributed by atoms with E-state index in [0.717, 1.165) is 23.4 Å². The molecule has 2 aliphatic rings. The Morgan fingerprint density at radius 1 is 0.952 bits per heavy atom. The molecule has 3 rings (SSSR count). The normalized spacial score (nSPS) is 19.2. The van der Waals surface area contributed by atoms with Crippen molar-refractivity contribution in [3.8, 4) is 0 Å². The molecule has 0 spiro atoms. The quantitative estimate of drug-likeness (QED) is 0.749. The molecule has 0 aromatic heterocycles. The first-order valence-electron chi connectivity index (χ1n) is 8.07.